The van der Waals surface area contributed by atoms with Crippen molar-refractivity contribution in [2.75, 3.05) is 7.11 Å². The van der Waals surface area contributed by atoms with Crippen molar-refractivity contribution in [3.63, 3.8) is 0 Å². The molecule has 0 fully saturated rings. The second kappa shape index (κ2) is 6.08. The summed E-state index contributed by atoms with van der Waals surface area (Å²) in [6.45, 7) is -2.93. The fourth-order valence-electron chi connectivity index (χ4n) is 2.19. The van der Waals surface area contributed by atoms with Crippen molar-refractivity contribution in [2.24, 2.45) is 0 Å². The molecule has 0 aromatic heterocycles. The standard InChI is InChI=1S/C17H12F2O4/c1-21-11-4-2-10(3-5-11)8-15-16(20)13-7-6-12(22-17(18)19)9-14(13)23-15/h2-9,17H,1H3/b15-8-. The number of alkyl halides is 2. The van der Waals surface area contributed by atoms with E-state index in [0.717, 1.165) is 5.56 Å². The maximum Gasteiger partial charge on any atom is 0.387 e. The molecule has 0 radical (unpaired) electrons. The van der Waals surface area contributed by atoms with Gasteiger partial charge in [-0.1, -0.05) is 12.1 Å². The molecule has 1 heterocycles. The van der Waals surface area contributed by atoms with Gasteiger partial charge in [0.15, 0.2) is 5.76 Å². The van der Waals surface area contributed by atoms with Crippen LogP contribution in [0.3, 0.4) is 0 Å². The Hall–Kier alpha value is -2.89. The average molecular weight is 318 g/mol. The van der Waals surface area contributed by atoms with E-state index in [4.69, 9.17) is 9.47 Å². The number of ketones is 1. The van der Waals surface area contributed by atoms with Crippen LogP contribution in [0.4, 0.5) is 8.78 Å². The number of ether oxygens (including phenoxy) is 3. The van der Waals surface area contributed by atoms with Crippen LogP contribution in [0.25, 0.3) is 6.08 Å². The highest BCUT2D eigenvalue weighted by Gasteiger charge is 2.28. The first kappa shape index (κ1) is 15.0. The van der Waals surface area contributed by atoms with E-state index in [1.165, 1.54) is 18.2 Å². The molecule has 0 saturated heterocycles. The summed E-state index contributed by atoms with van der Waals surface area (Å²) in [5.41, 5.74) is 1.07. The van der Waals surface area contributed by atoms with Crippen molar-refractivity contribution < 1.29 is 27.8 Å². The van der Waals surface area contributed by atoms with Gasteiger partial charge in [0.2, 0.25) is 5.78 Å². The summed E-state index contributed by atoms with van der Waals surface area (Å²) in [5, 5.41) is 0. The lowest BCUT2D eigenvalue weighted by molar-refractivity contribution is -0.0499. The number of hydrogen-bond acceptors (Lipinski definition) is 4. The molecular weight excluding hydrogens is 306 g/mol. The van der Waals surface area contributed by atoms with Crippen molar-refractivity contribution in [1.82, 2.24) is 0 Å². The predicted octanol–water partition coefficient (Wildman–Crippen LogP) is 3.91. The third kappa shape index (κ3) is 3.15. The van der Waals surface area contributed by atoms with Gasteiger partial charge in [-0.25, -0.2) is 0 Å². The van der Waals surface area contributed by atoms with E-state index in [2.05, 4.69) is 4.74 Å². The van der Waals surface area contributed by atoms with Crippen molar-refractivity contribution in [1.29, 1.82) is 0 Å². The molecule has 2 aromatic rings. The van der Waals surface area contributed by atoms with E-state index in [-0.39, 0.29) is 23.0 Å². The number of hydrogen-bond donors (Lipinski definition) is 0. The van der Waals surface area contributed by atoms with Crippen LogP contribution in [0.15, 0.2) is 48.2 Å². The third-order valence-electron chi connectivity index (χ3n) is 3.28. The van der Waals surface area contributed by atoms with Crippen LogP contribution >= 0.6 is 0 Å². The first-order valence-electron chi connectivity index (χ1n) is 6.74. The summed E-state index contributed by atoms with van der Waals surface area (Å²) in [5.74, 6) is 0.659. The van der Waals surface area contributed by atoms with Gasteiger partial charge in [-0.15, -0.1) is 0 Å². The Labute approximate surface area is 130 Å². The zero-order valence-electron chi connectivity index (χ0n) is 12.1. The number of Topliss-reactive ketones (excluding diaryl/α,β-unsaturated/α-hetero) is 1. The van der Waals surface area contributed by atoms with Gasteiger partial charge in [0, 0.05) is 6.07 Å². The summed E-state index contributed by atoms with van der Waals surface area (Å²) in [4.78, 5) is 12.3. The first-order valence-corrected chi connectivity index (χ1v) is 6.74. The normalized spacial score (nSPS) is 14.8. The molecule has 0 atom stereocenters. The van der Waals surface area contributed by atoms with Gasteiger partial charge in [-0.2, -0.15) is 8.78 Å². The lowest BCUT2D eigenvalue weighted by Crippen LogP contribution is -2.01. The molecule has 0 N–H and O–H groups in total. The average Bonchev–Trinajstić information content (AvgIpc) is 2.83. The lowest BCUT2D eigenvalue weighted by Gasteiger charge is -2.05. The number of benzene rings is 2. The molecule has 1 aliphatic rings. The van der Waals surface area contributed by atoms with Gasteiger partial charge in [0.25, 0.3) is 0 Å². The minimum Gasteiger partial charge on any atom is -0.497 e. The van der Waals surface area contributed by atoms with Crippen LogP contribution in [-0.2, 0) is 0 Å². The monoisotopic (exact) mass is 318 g/mol. The van der Waals surface area contributed by atoms with Crippen LogP contribution in [0.1, 0.15) is 15.9 Å². The van der Waals surface area contributed by atoms with Crippen LogP contribution in [0.5, 0.6) is 17.2 Å². The van der Waals surface area contributed by atoms with Gasteiger partial charge in [-0.05, 0) is 35.9 Å². The van der Waals surface area contributed by atoms with E-state index in [1.54, 1.807) is 37.5 Å². The summed E-state index contributed by atoms with van der Waals surface area (Å²) in [6, 6.07) is 11.1. The number of rotatable bonds is 4. The molecule has 0 bridgehead atoms. The van der Waals surface area contributed by atoms with Crippen molar-refractivity contribution in [3.8, 4) is 17.2 Å². The van der Waals surface area contributed by atoms with E-state index in [1.807, 2.05) is 0 Å². The molecule has 0 amide bonds. The van der Waals surface area contributed by atoms with Gasteiger partial charge in [0.1, 0.15) is 17.2 Å². The van der Waals surface area contributed by atoms with Crippen LogP contribution in [-0.4, -0.2) is 19.5 Å². The first-order chi connectivity index (χ1) is 11.1. The molecule has 3 rings (SSSR count). The third-order valence-corrected chi connectivity index (χ3v) is 3.28. The van der Waals surface area contributed by atoms with Crippen LogP contribution < -0.4 is 14.2 Å². The topological polar surface area (TPSA) is 44.8 Å². The largest absolute Gasteiger partial charge is 0.497 e. The Balaban J connectivity index is 1.85. The Morgan fingerprint density at radius 3 is 2.43 bits per heavy atom. The number of allylic oxidation sites excluding steroid dienone is 1. The van der Waals surface area contributed by atoms with Gasteiger partial charge >= 0.3 is 6.61 Å². The highest BCUT2D eigenvalue weighted by Crippen LogP contribution is 2.35. The maximum absolute atomic E-state index is 12.3. The highest BCUT2D eigenvalue weighted by molar-refractivity contribution is 6.14. The van der Waals surface area contributed by atoms with Gasteiger partial charge < -0.3 is 14.2 Å². The van der Waals surface area contributed by atoms with E-state index < -0.39 is 6.61 Å². The molecule has 1 aliphatic heterocycles. The number of carbonyl (C=O) groups is 1. The van der Waals surface area contributed by atoms with Crippen molar-refractivity contribution in [3.05, 3.63) is 59.4 Å². The quantitative estimate of drug-likeness (QED) is 0.802. The fourth-order valence-corrected chi connectivity index (χ4v) is 2.19. The van der Waals surface area contributed by atoms with E-state index in [0.29, 0.717) is 11.3 Å². The molecule has 2 aromatic carbocycles. The minimum atomic E-state index is -2.93. The summed E-state index contributed by atoms with van der Waals surface area (Å²) >= 11 is 0. The van der Waals surface area contributed by atoms with E-state index in [9.17, 15) is 13.6 Å². The van der Waals surface area contributed by atoms with Crippen molar-refractivity contribution in [2.45, 2.75) is 6.61 Å². The Morgan fingerprint density at radius 2 is 1.78 bits per heavy atom. The SMILES string of the molecule is COc1ccc(/C=C2\Oc3cc(OC(F)F)ccc3C2=O)cc1. The second-order valence-electron chi connectivity index (χ2n) is 4.75. The molecule has 4 nitrogen and oxygen atoms in total. The molecule has 0 spiro atoms. The fraction of sp³-hybridized carbons (Fsp3) is 0.118. The zero-order valence-corrected chi connectivity index (χ0v) is 12.1. The zero-order chi connectivity index (χ0) is 16.4. The molecule has 118 valence electrons. The Morgan fingerprint density at radius 1 is 1.09 bits per heavy atom. The molecule has 0 saturated carbocycles. The highest BCUT2D eigenvalue weighted by atomic mass is 19.3. The molecule has 6 heteroatoms. The van der Waals surface area contributed by atoms with Gasteiger partial charge in [-0.3, -0.25) is 4.79 Å². The molecule has 23 heavy (non-hydrogen) atoms. The number of carbonyl (C=O) groups excluding carboxylic acids is 1. The van der Waals surface area contributed by atoms with E-state index >= 15 is 0 Å². The predicted molar refractivity (Wildman–Crippen MR) is 79.0 cm³/mol. The Bertz CT molecular complexity index is 767. The number of fused-ring (bicyclic) bond motifs is 1. The number of methoxy groups -OCH3 is 1. The summed E-state index contributed by atoms with van der Waals surface area (Å²) < 4.78 is 39.3. The molecule has 0 aliphatic carbocycles. The maximum atomic E-state index is 12.3. The molecule has 0 unspecified atom stereocenters. The van der Waals surface area contributed by atoms with Crippen LogP contribution in [0.2, 0.25) is 0 Å². The van der Waals surface area contributed by atoms with Crippen LogP contribution in [0, 0.1) is 0 Å². The summed E-state index contributed by atoms with van der Waals surface area (Å²) in [6.07, 6.45) is 1.58. The smallest absolute Gasteiger partial charge is 0.387 e. The molecular formula is C17H12F2O4. The van der Waals surface area contributed by atoms with Crippen molar-refractivity contribution >= 4 is 11.9 Å². The minimum absolute atomic E-state index is 0.0581. The second-order valence-corrected chi connectivity index (χ2v) is 4.75. The summed E-state index contributed by atoms with van der Waals surface area (Å²) in [7, 11) is 1.56. The Kier molecular flexibility index (Phi) is 3.97. The number of halogens is 2. The van der Waals surface area contributed by atoms with Gasteiger partial charge in [0.05, 0.1) is 12.7 Å². The lowest BCUT2D eigenvalue weighted by atomic mass is 10.1.